The maximum absolute atomic E-state index is 12.7. The van der Waals surface area contributed by atoms with E-state index in [1.165, 1.54) is 6.20 Å². The first kappa shape index (κ1) is 13.9. The molecule has 0 saturated carbocycles. The number of halogens is 3. The molecule has 0 aromatic carbocycles. The van der Waals surface area contributed by atoms with Crippen molar-refractivity contribution in [1.82, 2.24) is 4.98 Å². The fourth-order valence-corrected chi connectivity index (χ4v) is 2.27. The summed E-state index contributed by atoms with van der Waals surface area (Å²) in [4.78, 5) is 5.80. The second kappa shape index (κ2) is 5.40. The van der Waals surface area contributed by atoms with Crippen molar-refractivity contribution in [1.29, 1.82) is 0 Å². The topological polar surface area (TPSA) is 38.5 Å². The van der Waals surface area contributed by atoms with Gasteiger partial charge < -0.3 is 14.1 Å². The second-order valence-corrected chi connectivity index (χ2v) is 4.72. The number of aromatic nitrogens is 1. The molecule has 0 radical (unpaired) electrons. The van der Waals surface area contributed by atoms with Crippen LogP contribution in [0.5, 0.6) is 0 Å². The molecule has 1 saturated heterocycles. The Morgan fingerprint density at radius 1 is 1.29 bits per heavy atom. The molecular weight excluding hydrogens is 285 g/mol. The molecule has 4 nitrogen and oxygen atoms in total. The number of pyridine rings is 1. The zero-order valence-electron chi connectivity index (χ0n) is 11.0. The number of hydrogen-bond donors (Lipinski definition) is 0. The maximum Gasteiger partial charge on any atom is 0.416 e. The number of anilines is 1. The molecule has 3 heterocycles. The number of nitrogens with zero attached hydrogens (tertiary/aromatic N) is 2. The number of rotatable bonds is 2. The lowest BCUT2D eigenvalue weighted by atomic mass is 10.2. The predicted molar refractivity (Wildman–Crippen MR) is 68.9 cm³/mol. The summed E-state index contributed by atoms with van der Waals surface area (Å²) in [6, 6.07) is 5.56. The van der Waals surface area contributed by atoms with Gasteiger partial charge in [-0.15, -0.1) is 0 Å². The van der Waals surface area contributed by atoms with Crippen molar-refractivity contribution in [3.05, 3.63) is 48.0 Å². The second-order valence-electron chi connectivity index (χ2n) is 4.72. The summed E-state index contributed by atoms with van der Waals surface area (Å²) >= 11 is 0. The standard InChI is InChI=1S/C14H13F3N2O2/c15-14(16,17)10-3-4-18-13(8-10)19-5-7-21-12(9-19)11-2-1-6-20-11/h1-4,6,8,12H,5,7,9H2. The first-order valence-electron chi connectivity index (χ1n) is 6.47. The molecule has 1 fully saturated rings. The van der Waals surface area contributed by atoms with E-state index < -0.39 is 11.7 Å². The number of hydrogen-bond acceptors (Lipinski definition) is 4. The van der Waals surface area contributed by atoms with E-state index in [0.717, 1.165) is 12.1 Å². The minimum Gasteiger partial charge on any atom is -0.467 e. The first-order valence-corrected chi connectivity index (χ1v) is 6.47. The third-order valence-electron chi connectivity index (χ3n) is 3.32. The summed E-state index contributed by atoms with van der Waals surface area (Å²) in [5.74, 6) is 0.955. The third-order valence-corrected chi connectivity index (χ3v) is 3.32. The quantitative estimate of drug-likeness (QED) is 0.853. The Morgan fingerprint density at radius 3 is 2.86 bits per heavy atom. The van der Waals surface area contributed by atoms with Crippen LogP contribution in [-0.4, -0.2) is 24.7 Å². The summed E-state index contributed by atoms with van der Waals surface area (Å²) in [6.45, 7) is 1.30. The summed E-state index contributed by atoms with van der Waals surface area (Å²) in [5, 5.41) is 0. The van der Waals surface area contributed by atoms with Crippen molar-refractivity contribution < 1.29 is 22.3 Å². The highest BCUT2D eigenvalue weighted by molar-refractivity contribution is 5.42. The molecular formula is C14H13F3N2O2. The Balaban J connectivity index is 1.80. The molecule has 1 unspecified atom stereocenters. The SMILES string of the molecule is FC(F)(F)c1ccnc(N2CCOC(c3ccco3)C2)c1. The molecule has 0 N–H and O–H groups in total. The van der Waals surface area contributed by atoms with E-state index in [1.807, 2.05) is 0 Å². The summed E-state index contributed by atoms with van der Waals surface area (Å²) in [6.07, 6.45) is -1.95. The van der Waals surface area contributed by atoms with Crippen LogP contribution in [0, 0.1) is 0 Å². The van der Waals surface area contributed by atoms with E-state index in [2.05, 4.69) is 4.98 Å². The molecule has 2 aromatic heterocycles. The van der Waals surface area contributed by atoms with E-state index >= 15 is 0 Å². The molecule has 0 spiro atoms. The largest absolute Gasteiger partial charge is 0.467 e. The lowest BCUT2D eigenvalue weighted by molar-refractivity contribution is -0.137. The van der Waals surface area contributed by atoms with Crippen LogP contribution in [0.15, 0.2) is 41.1 Å². The Bertz CT molecular complexity index is 599. The Kier molecular flexibility index (Phi) is 3.59. The third kappa shape index (κ3) is 3.02. The van der Waals surface area contributed by atoms with Crippen LogP contribution in [0.2, 0.25) is 0 Å². The van der Waals surface area contributed by atoms with Crippen molar-refractivity contribution in [2.75, 3.05) is 24.6 Å². The van der Waals surface area contributed by atoms with Gasteiger partial charge >= 0.3 is 6.18 Å². The normalized spacial score (nSPS) is 19.8. The monoisotopic (exact) mass is 298 g/mol. The number of furan rings is 1. The number of ether oxygens (including phenoxy) is 1. The lowest BCUT2D eigenvalue weighted by Crippen LogP contribution is -2.38. The highest BCUT2D eigenvalue weighted by Gasteiger charge is 2.32. The van der Waals surface area contributed by atoms with Gasteiger partial charge in [0.1, 0.15) is 17.7 Å². The zero-order chi connectivity index (χ0) is 14.9. The molecule has 0 bridgehead atoms. The van der Waals surface area contributed by atoms with Gasteiger partial charge in [-0.25, -0.2) is 4.98 Å². The van der Waals surface area contributed by atoms with Crippen molar-refractivity contribution in [2.24, 2.45) is 0 Å². The van der Waals surface area contributed by atoms with Crippen LogP contribution in [0.4, 0.5) is 19.0 Å². The van der Waals surface area contributed by atoms with Gasteiger partial charge in [-0.1, -0.05) is 0 Å². The summed E-state index contributed by atoms with van der Waals surface area (Å²) in [7, 11) is 0. The molecule has 112 valence electrons. The van der Waals surface area contributed by atoms with Gasteiger partial charge in [0.15, 0.2) is 0 Å². The van der Waals surface area contributed by atoms with E-state index in [-0.39, 0.29) is 6.10 Å². The van der Waals surface area contributed by atoms with Crippen molar-refractivity contribution in [2.45, 2.75) is 12.3 Å². The maximum atomic E-state index is 12.7. The fraction of sp³-hybridized carbons (Fsp3) is 0.357. The zero-order valence-corrected chi connectivity index (χ0v) is 11.0. The van der Waals surface area contributed by atoms with E-state index in [1.54, 1.807) is 23.3 Å². The number of morpholine rings is 1. The van der Waals surface area contributed by atoms with Crippen LogP contribution < -0.4 is 4.90 Å². The van der Waals surface area contributed by atoms with E-state index in [4.69, 9.17) is 9.15 Å². The summed E-state index contributed by atoms with van der Waals surface area (Å²) < 4.78 is 49.1. The van der Waals surface area contributed by atoms with Gasteiger partial charge in [-0.3, -0.25) is 0 Å². The smallest absolute Gasteiger partial charge is 0.416 e. The van der Waals surface area contributed by atoms with Crippen molar-refractivity contribution in [3.63, 3.8) is 0 Å². The first-order chi connectivity index (χ1) is 10.0. The lowest BCUT2D eigenvalue weighted by Gasteiger charge is -2.33. The molecule has 0 aliphatic carbocycles. The highest BCUT2D eigenvalue weighted by atomic mass is 19.4. The molecule has 3 rings (SSSR count). The van der Waals surface area contributed by atoms with Crippen LogP contribution >= 0.6 is 0 Å². The molecule has 1 aliphatic rings. The van der Waals surface area contributed by atoms with Crippen molar-refractivity contribution in [3.8, 4) is 0 Å². The molecule has 1 atom stereocenters. The van der Waals surface area contributed by atoms with Crippen LogP contribution in [0.1, 0.15) is 17.4 Å². The minimum absolute atomic E-state index is 0.296. The molecule has 0 amide bonds. The van der Waals surface area contributed by atoms with Crippen molar-refractivity contribution >= 4 is 5.82 Å². The predicted octanol–water partition coefficient (Wildman–Crippen LogP) is 3.27. The van der Waals surface area contributed by atoms with Gasteiger partial charge in [-0.05, 0) is 24.3 Å². The average Bonchev–Trinajstić information content (AvgIpc) is 3.01. The Hall–Kier alpha value is -2.02. The highest BCUT2D eigenvalue weighted by Crippen LogP contribution is 2.32. The van der Waals surface area contributed by atoms with Gasteiger partial charge in [0.2, 0.25) is 0 Å². The van der Waals surface area contributed by atoms with Gasteiger partial charge in [0.25, 0.3) is 0 Å². The minimum atomic E-state index is -4.37. The van der Waals surface area contributed by atoms with Gasteiger partial charge in [-0.2, -0.15) is 13.2 Å². The molecule has 1 aliphatic heterocycles. The Morgan fingerprint density at radius 2 is 2.14 bits per heavy atom. The Labute approximate surface area is 119 Å². The van der Waals surface area contributed by atoms with Gasteiger partial charge in [0, 0.05) is 12.7 Å². The van der Waals surface area contributed by atoms with E-state index in [0.29, 0.717) is 31.3 Å². The van der Waals surface area contributed by atoms with E-state index in [9.17, 15) is 13.2 Å². The van der Waals surface area contributed by atoms with Gasteiger partial charge in [0.05, 0.1) is 25.0 Å². The number of alkyl halides is 3. The van der Waals surface area contributed by atoms with Crippen LogP contribution in [-0.2, 0) is 10.9 Å². The van der Waals surface area contributed by atoms with Crippen LogP contribution in [0.25, 0.3) is 0 Å². The average molecular weight is 298 g/mol. The molecule has 2 aromatic rings. The molecule has 21 heavy (non-hydrogen) atoms. The summed E-state index contributed by atoms with van der Waals surface area (Å²) in [5.41, 5.74) is -0.700. The molecule has 7 heteroatoms. The fourth-order valence-electron chi connectivity index (χ4n) is 2.27. The van der Waals surface area contributed by atoms with Crippen LogP contribution in [0.3, 0.4) is 0 Å².